The fraction of sp³-hybridized carbons (Fsp3) is 0.222. The number of nitrogens with zero attached hydrogens (tertiary/aromatic N) is 2. The molecule has 4 aromatic carbocycles. The molecule has 5 rings (SSSR count). The summed E-state index contributed by atoms with van der Waals surface area (Å²) in [5, 5.41) is 48.4. The van der Waals surface area contributed by atoms with Crippen molar-refractivity contribution in [3.05, 3.63) is 164 Å². The van der Waals surface area contributed by atoms with Crippen molar-refractivity contribution in [3.8, 4) is 22.6 Å². The molecule has 44 heavy (non-hydrogen) atoms. The molecule has 8 nitrogen and oxygen atoms in total. The highest BCUT2D eigenvalue weighted by atomic mass is 16.7. The number of nitro groups is 2. The summed E-state index contributed by atoms with van der Waals surface area (Å²) in [6.45, 7) is 3.50. The molecule has 4 aromatic rings. The van der Waals surface area contributed by atoms with Crippen molar-refractivity contribution < 1.29 is 20.1 Å². The van der Waals surface area contributed by atoms with Crippen molar-refractivity contribution in [1.82, 2.24) is 0 Å². The van der Waals surface area contributed by atoms with Gasteiger partial charge in [-0.1, -0.05) is 117 Å². The van der Waals surface area contributed by atoms with Crippen LogP contribution in [0.3, 0.4) is 0 Å². The first-order valence-corrected chi connectivity index (χ1v) is 14.5. The Morgan fingerprint density at radius 2 is 1.23 bits per heavy atom. The number of hydrogen-bond acceptors (Lipinski definition) is 6. The van der Waals surface area contributed by atoms with Gasteiger partial charge < -0.3 is 10.2 Å². The average Bonchev–Trinajstić information content (AvgIpc) is 3.02. The van der Waals surface area contributed by atoms with E-state index in [1.54, 1.807) is 74.5 Å². The average molecular weight is 591 g/mol. The van der Waals surface area contributed by atoms with E-state index in [4.69, 9.17) is 0 Å². The van der Waals surface area contributed by atoms with Gasteiger partial charge in [-0.15, -0.1) is 0 Å². The van der Waals surface area contributed by atoms with Gasteiger partial charge in [0.05, 0.1) is 5.57 Å². The van der Waals surface area contributed by atoms with Gasteiger partial charge in [-0.2, -0.15) is 0 Å². The Morgan fingerprint density at radius 1 is 0.705 bits per heavy atom. The molecule has 2 N–H and O–H groups in total. The fourth-order valence-electron chi connectivity index (χ4n) is 6.92. The van der Waals surface area contributed by atoms with Crippen LogP contribution in [-0.2, 0) is 18.3 Å². The minimum Gasteiger partial charge on any atom is -0.508 e. The third-order valence-corrected chi connectivity index (χ3v) is 8.94. The van der Waals surface area contributed by atoms with Gasteiger partial charge in [-0.25, -0.2) is 0 Å². The van der Waals surface area contributed by atoms with E-state index in [9.17, 15) is 30.4 Å². The molecule has 0 aromatic heterocycles. The van der Waals surface area contributed by atoms with Crippen molar-refractivity contribution in [2.75, 3.05) is 0 Å². The lowest BCUT2D eigenvalue weighted by Gasteiger charge is -2.44. The molecular formula is C36H34N2O6. The predicted molar refractivity (Wildman–Crippen MR) is 169 cm³/mol. The van der Waals surface area contributed by atoms with E-state index >= 15 is 0 Å². The molecule has 0 radical (unpaired) electrons. The molecule has 224 valence electrons. The van der Waals surface area contributed by atoms with Gasteiger partial charge in [0.15, 0.2) is 5.41 Å². The zero-order valence-corrected chi connectivity index (χ0v) is 24.5. The second kappa shape index (κ2) is 12.2. The van der Waals surface area contributed by atoms with Crippen LogP contribution in [0.2, 0.25) is 0 Å². The summed E-state index contributed by atoms with van der Waals surface area (Å²) in [5.74, 6) is -1.40. The topological polar surface area (TPSA) is 127 Å². The highest BCUT2D eigenvalue weighted by Gasteiger charge is 2.77. The smallest absolute Gasteiger partial charge is 0.493 e. The standard InChI is InChI=1S/C36H34N2O6/c1-25(23-28-15-6-10-20-33(28)39)31-19-12-22-35(36(31,37(41)42)38(43)44,26(2)24-29-16-7-11-21-34(29)40)32-18-9-8-17-30(32)27-13-4-3-5-14-27/h3-22,25-26,39-40H,23-24H2,1-2H3/t25-,26-,35?/m0/s1. The summed E-state index contributed by atoms with van der Waals surface area (Å²) >= 11 is 0. The molecule has 0 heterocycles. The van der Waals surface area contributed by atoms with Crippen molar-refractivity contribution in [1.29, 1.82) is 0 Å². The monoisotopic (exact) mass is 590 g/mol. The molecule has 1 aliphatic carbocycles. The van der Waals surface area contributed by atoms with E-state index in [1.807, 2.05) is 42.5 Å². The number of hydrogen-bond donors (Lipinski definition) is 2. The predicted octanol–water partition coefficient (Wildman–Crippen LogP) is 7.51. The minimum atomic E-state index is -2.82. The number of phenolic OH excluding ortho intramolecular Hbond substituents is 2. The summed E-state index contributed by atoms with van der Waals surface area (Å²) < 4.78 is 0. The number of para-hydroxylation sites is 2. The van der Waals surface area contributed by atoms with Crippen LogP contribution in [0.4, 0.5) is 0 Å². The first kappa shape index (κ1) is 30.2. The maximum absolute atomic E-state index is 13.6. The minimum absolute atomic E-state index is 0.0159. The molecule has 1 unspecified atom stereocenters. The molecule has 0 aliphatic heterocycles. The molecule has 3 atom stereocenters. The second-order valence-electron chi connectivity index (χ2n) is 11.4. The largest absolute Gasteiger partial charge is 0.508 e. The van der Waals surface area contributed by atoms with E-state index in [0.717, 1.165) is 5.56 Å². The van der Waals surface area contributed by atoms with Crippen LogP contribution in [0.5, 0.6) is 11.5 Å². The number of benzene rings is 4. The first-order chi connectivity index (χ1) is 21.1. The Bertz CT molecular complexity index is 1730. The number of aromatic hydroxyl groups is 2. The van der Waals surface area contributed by atoms with Gasteiger partial charge in [0.1, 0.15) is 21.3 Å². The lowest BCUT2D eigenvalue weighted by Crippen LogP contribution is -2.67. The van der Waals surface area contributed by atoms with Crippen LogP contribution in [0.25, 0.3) is 11.1 Å². The van der Waals surface area contributed by atoms with E-state index in [1.165, 1.54) is 18.2 Å². The summed E-state index contributed by atoms with van der Waals surface area (Å²) in [7, 11) is 0. The fourth-order valence-corrected chi connectivity index (χ4v) is 6.92. The Hall–Kier alpha value is -5.24. The summed E-state index contributed by atoms with van der Waals surface area (Å²) in [6.07, 6.45) is 5.07. The molecule has 0 saturated heterocycles. The Balaban J connectivity index is 1.81. The second-order valence-corrected chi connectivity index (χ2v) is 11.4. The molecular weight excluding hydrogens is 556 g/mol. The zero-order chi connectivity index (χ0) is 31.5. The maximum Gasteiger partial charge on any atom is 0.493 e. The molecule has 0 saturated carbocycles. The van der Waals surface area contributed by atoms with Crippen molar-refractivity contribution >= 4 is 0 Å². The third kappa shape index (κ3) is 4.92. The summed E-state index contributed by atoms with van der Waals surface area (Å²) in [4.78, 5) is 25.7. The van der Waals surface area contributed by atoms with Crippen LogP contribution in [-0.4, -0.2) is 25.7 Å². The van der Waals surface area contributed by atoms with Gasteiger partial charge in [0.25, 0.3) is 0 Å². The normalized spacial score (nSPS) is 18.6. The van der Waals surface area contributed by atoms with E-state index < -0.39 is 32.8 Å². The lowest BCUT2D eigenvalue weighted by atomic mass is 9.55. The first-order valence-electron chi connectivity index (χ1n) is 14.5. The van der Waals surface area contributed by atoms with Crippen LogP contribution in [0.15, 0.2) is 127 Å². The third-order valence-electron chi connectivity index (χ3n) is 8.94. The molecule has 0 spiro atoms. The molecule has 1 aliphatic rings. The SMILES string of the molecule is C[C@@H](Cc1ccccc1O)C1=CC=CC(c2ccccc2-c2ccccc2)([C@@H](C)Cc2ccccc2O)C1([N+](=O)[O-])[N+](=O)[O-]. The highest BCUT2D eigenvalue weighted by Crippen LogP contribution is 2.56. The van der Waals surface area contributed by atoms with Gasteiger partial charge in [-0.3, -0.25) is 20.2 Å². The van der Waals surface area contributed by atoms with Crippen LogP contribution >= 0.6 is 0 Å². The van der Waals surface area contributed by atoms with Gasteiger partial charge in [-0.05, 0) is 70.7 Å². The van der Waals surface area contributed by atoms with Crippen molar-refractivity contribution in [2.45, 2.75) is 37.8 Å². The van der Waals surface area contributed by atoms with E-state index in [0.29, 0.717) is 22.3 Å². The Morgan fingerprint density at radius 3 is 1.82 bits per heavy atom. The Labute approximate surface area is 255 Å². The zero-order valence-electron chi connectivity index (χ0n) is 24.5. The van der Waals surface area contributed by atoms with Gasteiger partial charge in [0, 0.05) is 0 Å². The van der Waals surface area contributed by atoms with Crippen LogP contribution in [0.1, 0.15) is 30.5 Å². The highest BCUT2D eigenvalue weighted by molar-refractivity contribution is 5.71. The lowest BCUT2D eigenvalue weighted by molar-refractivity contribution is -0.797. The van der Waals surface area contributed by atoms with Gasteiger partial charge in [0.2, 0.25) is 0 Å². The number of phenols is 2. The quantitative estimate of drug-likeness (QED) is 0.112. The van der Waals surface area contributed by atoms with Crippen molar-refractivity contribution in [3.63, 3.8) is 0 Å². The van der Waals surface area contributed by atoms with Crippen molar-refractivity contribution in [2.24, 2.45) is 11.8 Å². The molecule has 8 heteroatoms. The van der Waals surface area contributed by atoms with Crippen LogP contribution < -0.4 is 0 Å². The van der Waals surface area contributed by atoms with E-state index in [2.05, 4.69) is 0 Å². The maximum atomic E-state index is 13.6. The summed E-state index contributed by atoms with van der Waals surface area (Å²) in [6, 6.07) is 29.9. The summed E-state index contributed by atoms with van der Waals surface area (Å²) in [5.41, 5.74) is -1.66. The number of rotatable bonds is 10. The molecule has 0 amide bonds. The van der Waals surface area contributed by atoms with Gasteiger partial charge >= 0.3 is 5.66 Å². The van der Waals surface area contributed by atoms with Crippen LogP contribution in [0, 0.1) is 32.1 Å². The molecule has 0 fully saturated rings. The molecule has 0 bridgehead atoms. The number of allylic oxidation sites excluding steroid dienone is 2. The Kier molecular flexibility index (Phi) is 8.36. The van der Waals surface area contributed by atoms with E-state index in [-0.39, 0.29) is 29.9 Å².